The Morgan fingerprint density at radius 1 is 1.25 bits per heavy atom. The van der Waals surface area contributed by atoms with E-state index < -0.39 is 0 Å². The number of nitrogens with one attached hydrogen (secondary N) is 1. The summed E-state index contributed by atoms with van der Waals surface area (Å²) >= 11 is 5.96. The van der Waals surface area contributed by atoms with Gasteiger partial charge in [-0.1, -0.05) is 11.6 Å². The molecule has 4 nitrogen and oxygen atoms in total. The van der Waals surface area contributed by atoms with Crippen molar-refractivity contribution in [1.29, 1.82) is 0 Å². The van der Waals surface area contributed by atoms with Crippen LogP contribution in [-0.4, -0.2) is 36.6 Å². The van der Waals surface area contributed by atoms with Crippen LogP contribution in [0, 0.1) is 12.8 Å². The summed E-state index contributed by atoms with van der Waals surface area (Å²) in [6.45, 7) is 6.18. The molecule has 1 fully saturated rings. The number of piperidine rings is 1. The van der Waals surface area contributed by atoms with Crippen molar-refractivity contribution >= 4 is 11.6 Å². The SMILES string of the molecule is CNCCC1CCN(Cc2nc(C)c(-c3ccc(Cl)cc3)o2)CC1. The first-order valence-corrected chi connectivity index (χ1v) is 9.12. The number of aryl methyl sites for hydroxylation is 1. The van der Waals surface area contributed by atoms with Gasteiger partial charge in [0.15, 0.2) is 5.76 Å². The fraction of sp³-hybridized carbons (Fsp3) is 0.526. The Balaban J connectivity index is 1.59. The van der Waals surface area contributed by atoms with Gasteiger partial charge in [-0.3, -0.25) is 4.90 Å². The molecule has 1 aromatic carbocycles. The fourth-order valence-electron chi connectivity index (χ4n) is 3.36. The second-order valence-electron chi connectivity index (χ2n) is 6.64. The first kappa shape index (κ1) is 17.5. The second kappa shape index (κ2) is 8.15. The van der Waals surface area contributed by atoms with Gasteiger partial charge in [0, 0.05) is 10.6 Å². The highest BCUT2D eigenvalue weighted by Gasteiger charge is 2.21. The summed E-state index contributed by atoms with van der Waals surface area (Å²) in [5.41, 5.74) is 1.97. The van der Waals surface area contributed by atoms with Crippen LogP contribution in [-0.2, 0) is 6.54 Å². The van der Waals surface area contributed by atoms with Gasteiger partial charge in [0.2, 0.25) is 5.89 Å². The summed E-state index contributed by atoms with van der Waals surface area (Å²) in [7, 11) is 2.03. The highest BCUT2D eigenvalue weighted by Crippen LogP contribution is 2.27. The molecule has 1 saturated heterocycles. The van der Waals surface area contributed by atoms with Gasteiger partial charge in [0.05, 0.1) is 12.2 Å². The number of nitrogens with zero attached hydrogens (tertiary/aromatic N) is 2. The van der Waals surface area contributed by atoms with Crippen molar-refractivity contribution in [3.05, 3.63) is 40.9 Å². The monoisotopic (exact) mass is 347 g/mol. The number of hydrogen-bond acceptors (Lipinski definition) is 4. The second-order valence-corrected chi connectivity index (χ2v) is 7.08. The van der Waals surface area contributed by atoms with Gasteiger partial charge in [0.25, 0.3) is 0 Å². The molecule has 1 aromatic heterocycles. The molecule has 1 aliphatic rings. The molecule has 130 valence electrons. The Labute approximate surface area is 149 Å². The lowest BCUT2D eigenvalue weighted by molar-refractivity contribution is 0.160. The van der Waals surface area contributed by atoms with Crippen molar-refractivity contribution in [2.45, 2.75) is 32.7 Å². The zero-order chi connectivity index (χ0) is 16.9. The average molecular weight is 348 g/mol. The summed E-state index contributed by atoms with van der Waals surface area (Å²) in [4.78, 5) is 7.07. The molecule has 0 radical (unpaired) electrons. The number of likely N-dealkylation sites (tertiary alicyclic amines) is 1. The van der Waals surface area contributed by atoms with Crippen LogP contribution in [0.1, 0.15) is 30.8 Å². The molecule has 2 heterocycles. The Morgan fingerprint density at radius 2 is 1.96 bits per heavy atom. The summed E-state index contributed by atoms with van der Waals surface area (Å²) < 4.78 is 6.03. The van der Waals surface area contributed by atoms with E-state index in [0.29, 0.717) is 0 Å². The Bertz CT molecular complexity index is 645. The standard InChI is InChI=1S/C19H26ClN3O/c1-14-19(16-3-5-17(20)6-4-16)24-18(22-14)13-23-11-8-15(9-12-23)7-10-21-2/h3-6,15,21H,7-13H2,1-2H3. The van der Waals surface area contributed by atoms with E-state index in [4.69, 9.17) is 16.0 Å². The smallest absolute Gasteiger partial charge is 0.209 e. The largest absolute Gasteiger partial charge is 0.439 e. The molecule has 0 unspecified atom stereocenters. The average Bonchev–Trinajstić information content (AvgIpc) is 2.95. The van der Waals surface area contributed by atoms with Crippen LogP contribution in [0.2, 0.25) is 5.02 Å². The minimum absolute atomic E-state index is 0.734. The van der Waals surface area contributed by atoms with Crippen molar-refractivity contribution in [2.24, 2.45) is 5.92 Å². The Kier molecular flexibility index (Phi) is 5.93. The van der Waals surface area contributed by atoms with Crippen LogP contribution in [0.3, 0.4) is 0 Å². The van der Waals surface area contributed by atoms with Gasteiger partial charge in [-0.15, -0.1) is 0 Å². The molecule has 0 spiro atoms. The van der Waals surface area contributed by atoms with Crippen molar-refractivity contribution in [1.82, 2.24) is 15.2 Å². The summed E-state index contributed by atoms with van der Waals surface area (Å²) in [5, 5.41) is 3.98. The zero-order valence-electron chi connectivity index (χ0n) is 14.5. The number of halogens is 1. The third-order valence-electron chi connectivity index (χ3n) is 4.82. The van der Waals surface area contributed by atoms with Gasteiger partial charge < -0.3 is 9.73 Å². The first-order valence-electron chi connectivity index (χ1n) is 8.75. The van der Waals surface area contributed by atoms with Gasteiger partial charge in [-0.25, -0.2) is 4.98 Å². The predicted molar refractivity (Wildman–Crippen MR) is 98.2 cm³/mol. The zero-order valence-corrected chi connectivity index (χ0v) is 15.3. The molecule has 0 bridgehead atoms. The van der Waals surface area contributed by atoms with E-state index in [2.05, 4.69) is 15.2 Å². The van der Waals surface area contributed by atoms with E-state index >= 15 is 0 Å². The molecule has 3 rings (SSSR count). The molecular formula is C19H26ClN3O. The maximum atomic E-state index is 6.03. The minimum Gasteiger partial charge on any atom is -0.439 e. The number of benzene rings is 1. The Morgan fingerprint density at radius 3 is 2.62 bits per heavy atom. The molecule has 1 aliphatic heterocycles. The molecule has 0 amide bonds. The van der Waals surface area contributed by atoms with E-state index in [0.717, 1.165) is 60.0 Å². The van der Waals surface area contributed by atoms with Crippen molar-refractivity contribution in [3.8, 4) is 11.3 Å². The lowest BCUT2D eigenvalue weighted by Gasteiger charge is -2.31. The van der Waals surface area contributed by atoms with E-state index in [1.807, 2.05) is 38.2 Å². The molecule has 1 N–H and O–H groups in total. The highest BCUT2D eigenvalue weighted by atomic mass is 35.5. The van der Waals surface area contributed by atoms with Crippen LogP contribution < -0.4 is 5.32 Å². The molecule has 2 aromatic rings. The molecule has 0 atom stereocenters. The van der Waals surface area contributed by atoms with Crippen LogP contribution in [0.25, 0.3) is 11.3 Å². The third kappa shape index (κ3) is 4.38. The number of oxazole rings is 1. The quantitative estimate of drug-likeness (QED) is 0.853. The maximum absolute atomic E-state index is 6.03. The number of rotatable bonds is 6. The summed E-state index contributed by atoms with van der Waals surface area (Å²) in [6, 6.07) is 7.72. The van der Waals surface area contributed by atoms with Crippen LogP contribution >= 0.6 is 11.6 Å². The predicted octanol–water partition coefficient (Wildman–Crippen LogP) is 4.12. The van der Waals surface area contributed by atoms with Gasteiger partial charge in [-0.2, -0.15) is 0 Å². The molecule has 0 saturated carbocycles. The lowest BCUT2D eigenvalue weighted by atomic mass is 9.93. The van der Waals surface area contributed by atoms with Gasteiger partial charge >= 0.3 is 0 Å². The van der Waals surface area contributed by atoms with Crippen molar-refractivity contribution in [2.75, 3.05) is 26.7 Å². The topological polar surface area (TPSA) is 41.3 Å². The number of aromatic nitrogens is 1. The van der Waals surface area contributed by atoms with E-state index in [1.165, 1.54) is 19.3 Å². The molecule has 5 heteroatoms. The number of hydrogen-bond donors (Lipinski definition) is 1. The lowest BCUT2D eigenvalue weighted by Crippen LogP contribution is -2.34. The summed E-state index contributed by atoms with van der Waals surface area (Å²) in [5.74, 6) is 2.52. The highest BCUT2D eigenvalue weighted by molar-refractivity contribution is 6.30. The van der Waals surface area contributed by atoms with Crippen molar-refractivity contribution < 1.29 is 4.42 Å². The van der Waals surface area contributed by atoms with E-state index in [-0.39, 0.29) is 0 Å². The van der Waals surface area contributed by atoms with Crippen LogP contribution in [0.5, 0.6) is 0 Å². The normalized spacial score (nSPS) is 16.6. The van der Waals surface area contributed by atoms with Gasteiger partial charge in [0.1, 0.15) is 0 Å². The van der Waals surface area contributed by atoms with Gasteiger partial charge in [-0.05, 0) is 83.1 Å². The Hall–Kier alpha value is -1.36. The van der Waals surface area contributed by atoms with E-state index in [1.54, 1.807) is 0 Å². The first-order chi connectivity index (χ1) is 11.7. The van der Waals surface area contributed by atoms with E-state index in [9.17, 15) is 0 Å². The maximum Gasteiger partial charge on any atom is 0.209 e. The molecule has 0 aliphatic carbocycles. The molecule has 24 heavy (non-hydrogen) atoms. The van der Waals surface area contributed by atoms with Crippen LogP contribution in [0.4, 0.5) is 0 Å². The fourth-order valence-corrected chi connectivity index (χ4v) is 3.49. The minimum atomic E-state index is 0.734. The summed E-state index contributed by atoms with van der Waals surface area (Å²) in [6.07, 6.45) is 3.82. The molecular weight excluding hydrogens is 322 g/mol. The third-order valence-corrected chi connectivity index (χ3v) is 5.07. The van der Waals surface area contributed by atoms with Crippen molar-refractivity contribution in [3.63, 3.8) is 0 Å². The van der Waals surface area contributed by atoms with Crippen LogP contribution in [0.15, 0.2) is 28.7 Å².